The standard InChI is InChI=1S/C12H20NO2.BrH/c1-13(7-9-14,8-10-15)11-12-5-3-2-4-6-12;/h2-6,14-15H,7-11H2,1H3;1H/q+1;/p-1. The Balaban J connectivity index is 0.00000225. The molecular formula is C12H20BrNO2. The molecule has 0 bridgehead atoms. The lowest BCUT2D eigenvalue weighted by molar-refractivity contribution is -0.923. The molecule has 0 amide bonds. The van der Waals surface area contributed by atoms with Crippen molar-refractivity contribution in [3.63, 3.8) is 0 Å². The molecular weight excluding hydrogens is 270 g/mol. The lowest BCUT2D eigenvalue weighted by Gasteiger charge is -2.33. The molecule has 4 heteroatoms. The van der Waals surface area contributed by atoms with Crippen molar-refractivity contribution in [1.82, 2.24) is 0 Å². The van der Waals surface area contributed by atoms with Gasteiger partial charge in [-0.25, -0.2) is 0 Å². The number of halogens is 1. The van der Waals surface area contributed by atoms with Gasteiger partial charge in [0.25, 0.3) is 0 Å². The third-order valence-electron chi connectivity index (χ3n) is 2.69. The smallest absolute Gasteiger partial charge is 0.104 e. The quantitative estimate of drug-likeness (QED) is 0.575. The zero-order chi connectivity index (χ0) is 11.1. The van der Waals surface area contributed by atoms with Crippen LogP contribution in [0, 0.1) is 0 Å². The van der Waals surface area contributed by atoms with Crippen molar-refractivity contribution in [2.75, 3.05) is 33.4 Å². The number of nitrogens with zero attached hydrogens (tertiary/aromatic N) is 1. The Labute approximate surface area is 108 Å². The summed E-state index contributed by atoms with van der Waals surface area (Å²) in [5.41, 5.74) is 1.24. The maximum Gasteiger partial charge on any atom is 0.104 e. The number of aliphatic hydroxyl groups excluding tert-OH is 2. The fraction of sp³-hybridized carbons (Fsp3) is 0.500. The van der Waals surface area contributed by atoms with Crippen LogP contribution in [-0.4, -0.2) is 48.0 Å². The molecule has 1 aromatic carbocycles. The summed E-state index contributed by atoms with van der Waals surface area (Å²) in [7, 11) is 2.06. The van der Waals surface area contributed by atoms with Crippen LogP contribution in [0.15, 0.2) is 30.3 Å². The highest BCUT2D eigenvalue weighted by molar-refractivity contribution is 5.13. The molecule has 0 radical (unpaired) electrons. The van der Waals surface area contributed by atoms with Crippen molar-refractivity contribution in [1.29, 1.82) is 0 Å². The Hall–Kier alpha value is -0.420. The minimum atomic E-state index is 0. The lowest BCUT2D eigenvalue weighted by Crippen LogP contribution is -3.00. The molecule has 0 saturated heterocycles. The predicted molar refractivity (Wildman–Crippen MR) is 60.2 cm³/mol. The normalized spacial score (nSPS) is 10.9. The Kier molecular flexibility index (Phi) is 7.58. The molecule has 92 valence electrons. The number of benzene rings is 1. The molecule has 0 aliphatic rings. The minimum absolute atomic E-state index is 0. The van der Waals surface area contributed by atoms with Gasteiger partial charge in [-0.2, -0.15) is 0 Å². The van der Waals surface area contributed by atoms with E-state index in [4.69, 9.17) is 10.2 Å². The van der Waals surface area contributed by atoms with Crippen LogP contribution in [0.5, 0.6) is 0 Å². The fourth-order valence-corrected chi connectivity index (χ4v) is 1.78. The molecule has 3 nitrogen and oxygen atoms in total. The first-order valence-corrected chi connectivity index (χ1v) is 5.29. The van der Waals surface area contributed by atoms with Gasteiger partial charge in [0.2, 0.25) is 0 Å². The average Bonchev–Trinajstić information content (AvgIpc) is 2.19. The van der Waals surface area contributed by atoms with E-state index in [1.165, 1.54) is 5.56 Å². The van der Waals surface area contributed by atoms with Crippen LogP contribution >= 0.6 is 0 Å². The van der Waals surface area contributed by atoms with Crippen molar-refractivity contribution in [3.05, 3.63) is 35.9 Å². The maximum atomic E-state index is 9.01. The molecule has 1 rings (SSSR count). The van der Waals surface area contributed by atoms with Crippen molar-refractivity contribution >= 4 is 0 Å². The fourth-order valence-electron chi connectivity index (χ4n) is 1.78. The van der Waals surface area contributed by atoms with Gasteiger partial charge in [-0.3, -0.25) is 0 Å². The molecule has 2 N–H and O–H groups in total. The minimum Gasteiger partial charge on any atom is -1.00 e. The summed E-state index contributed by atoms with van der Waals surface area (Å²) in [5.74, 6) is 0. The van der Waals surface area contributed by atoms with Crippen molar-refractivity contribution in [3.8, 4) is 0 Å². The van der Waals surface area contributed by atoms with Gasteiger partial charge in [0.1, 0.15) is 19.6 Å². The number of hydrogen-bond donors (Lipinski definition) is 2. The van der Waals surface area contributed by atoms with E-state index < -0.39 is 0 Å². The summed E-state index contributed by atoms with van der Waals surface area (Å²) < 4.78 is 0.678. The molecule has 0 unspecified atom stereocenters. The third kappa shape index (κ3) is 5.07. The highest BCUT2D eigenvalue weighted by Gasteiger charge is 2.20. The molecule has 16 heavy (non-hydrogen) atoms. The van der Waals surface area contributed by atoms with Crippen LogP contribution in [0.3, 0.4) is 0 Å². The number of hydrogen-bond acceptors (Lipinski definition) is 2. The van der Waals surface area contributed by atoms with E-state index in [9.17, 15) is 0 Å². The molecule has 0 aliphatic heterocycles. The molecule has 0 fully saturated rings. The Morgan fingerprint density at radius 3 is 1.94 bits per heavy atom. The third-order valence-corrected chi connectivity index (χ3v) is 2.69. The predicted octanol–water partition coefficient (Wildman–Crippen LogP) is -2.38. The summed E-state index contributed by atoms with van der Waals surface area (Å²) in [6.45, 7) is 2.51. The van der Waals surface area contributed by atoms with Crippen molar-refractivity contribution in [2.45, 2.75) is 6.54 Å². The van der Waals surface area contributed by atoms with Crippen LogP contribution in [0.25, 0.3) is 0 Å². The van der Waals surface area contributed by atoms with Crippen LogP contribution < -0.4 is 17.0 Å². The first-order chi connectivity index (χ1) is 7.20. The van der Waals surface area contributed by atoms with Crippen LogP contribution in [0.1, 0.15) is 5.56 Å². The van der Waals surface area contributed by atoms with Crippen LogP contribution in [-0.2, 0) is 6.54 Å². The molecule has 0 saturated carbocycles. The maximum absolute atomic E-state index is 9.01. The highest BCUT2D eigenvalue weighted by atomic mass is 79.9. The molecule has 1 aromatic rings. The van der Waals surface area contributed by atoms with Crippen molar-refractivity contribution in [2.24, 2.45) is 0 Å². The van der Waals surface area contributed by atoms with E-state index in [2.05, 4.69) is 19.2 Å². The number of aliphatic hydroxyl groups is 2. The second-order valence-corrected chi connectivity index (χ2v) is 4.16. The van der Waals surface area contributed by atoms with Gasteiger partial charge >= 0.3 is 0 Å². The van der Waals surface area contributed by atoms with Gasteiger partial charge in [0, 0.05) is 5.56 Å². The van der Waals surface area contributed by atoms with Gasteiger partial charge < -0.3 is 31.7 Å². The zero-order valence-corrected chi connectivity index (χ0v) is 11.2. The summed E-state index contributed by atoms with van der Waals surface area (Å²) >= 11 is 0. The Morgan fingerprint density at radius 1 is 1.00 bits per heavy atom. The summed E-state index contributed by atoms with van der Waals surface area (Å²) in [6.07, 6.45) is 0. The number of quaternary nitrogens is 1. The molecule has 0 heterocycles. The summed E-state index contributed by atoms with van der Waals surface area (Å²) in [5, 5.41) is 18.0. The Bertz CT molecular complexity index is 274. The SMILES string of the molecule is C[N+](CCO)(CCO)Cc1ccccc1.[Br-]. The number of likely N-dealkylation sites (N-methyl/N-ethyl adjacent to an activating group) is 1. The van der Waals surface area contributed by atoms with Gasteiger partial charge in [0.05, 0.1) is 20.3 Å². The average molecular weight is 290 g/mol. The van der Waals surface area contributed by atoms with Gasteiger partial charge in [-0.05, 0) is 0 Å². The van der Waals surface area contributed by atoms with E-state index in [1.807, 2.05) is 18.2 Å². The lowest BCUT2D eigenvalue weighted by atomic mass is 10.2. The molecule has 0 atom stereocenters. The Morgan fingerprint density at radius 2 is 1.50 bits per heavy atom. The monoisotopic (exact) mass is 289 g/mol. The first-order valence-electron chi connectivity index (χ1n) is 5.29. The number of rotatable bonds is 6. The second-order valence-electron chi connectivity index (χ2n) is 4.16. The van der Waals surface area contributed by atoms with E-state index >= 15 is 0 Å². The molecule has 0 aromatic heterocycles. The van der Waals surface area contributed by atoms with Crippen LogP contribution in [0.4, 0.5) is 0 Å². The van der Waals surface area contributed by atoms with E-state index in [0.29, 0.717) is 17.6 Å². The van der Waals surface area contributed by atoms with Crippen molar-refractivity contribution < 1.29 is 31.7 Å². The summed E-state index contributed by atoms with van der Waals surface area (Å²) in [4.78, 5) is 0. The van der Waals surface area contributed by atoms with E-state index in [1.54, 1.807) is 0 Å². The molecule has 0 aliphatic carbocycles. The largest absolute Gasteiger partial charge is 1.00 e. The highest BCUT2D eigenvalue weighted by Crippen LogP contribution is 2.10. The van der Waals surface area contributed by atoms with E-state index in [0.717, 1.165) is 6.54 Å². The zero-order valence-electron chi connectivity index (χ0n) is 9.64. The van der Waals surface area contributed by atoms with Gasteiger partial charge in [-0.15, -0.1) is 0 Å². The van der Waals surface area contributed by atoms with E-state index in [-0.39, 0.29) is 30.2 Å². The van der Waals surface area contributed by atoms with Crippen LogP contribution in [0.2, 0.25) is 0 Å². The van der Waals surface area contributed by atoms with Gasteiger partial charge in [-0.1, -0.05) is 30.3 Å². The second kappa shape index (κ2) is 7.79. The first kappa shape index (κ1) is 15.6. The molecule has 0 spiro atoms. The topological polar surface area (TPSA) is 40.5 Å². The van der Waals surface area contributed by atoms with Gasteiger partial charge in [0.15, 0.2) is 0 Å². The summed E-state index contributed by atoms with van der Waals surface area (Å²) in [6, 6.07) is 10.2.